The largest absolute Gasteiger partial charge is 0.416 e. The summed E-state index contributed by atoms with van der Waals surface area (Å²) in [6.45, 7) is 5.75. The predicted molar refractivity (Wildman–Crippen MR) is 149 cm³/mol. The molecular weight excluding hydrogens is 497 g/mol. The summed E-state index contributed by atoms with van der Waals surface area (Å²) < 4.78 is 43.3. The Morgan fingerprint density at radius 1 is 0.897 bits per heavy atom. The Labute approximate surface area is 226 Å². The lowest BCUT2D eigenvalue weighted by atomic mass is 9.98. The Kier molecular flexibility index (Phi) is 6.55. The first-order chi connectivity index (χ1) is 18.9. The average molecular weight is 529 g/mol. The predicted octanol–water partition coefficient (Wildman–Crippen LogP) is 7.72. The van der Waals surface area contributed by atoms with Gasteiger partial charge in [-0.15, -0.1) is 0 Å². The van der Waals surface area contributed by atoms with E-state index in [1.54, 1.807) is 12.1 Å². The molecule has 39 heavy (non-hydrogen) atoms. The molecule has 200 valence electrons. The summed E-state index contributed by atoms with van der Waals surface area (Å²) in [5, 5.41) is 6.29. The zero-order valence-electron chi connectivity index (χ0n) is 22.1. The van der Waals surface area contributed by atoms with Crippen LogP contribution in [0.4, 0.5) is 13.2 Å². The molecule has 7 heteroatoms. The average Bonchev–Trinajstić information content (AvgIpc) is 3.56. The Bertz CT molecular complexity index is 1620. The molecule has 0 aliphatic carbocycles. The van der Waals surface area contributed by atoms with E-state index >= 15 is 0 Å². The molecule has 0 radical (unpaired) electrons. The van der Waals surface area contributed by atoms with Crippen LogP contribution in [0.5, 0.6) is 0 Å². The van der Waals surface area contributed by atoms with Crippen molar-refractivity contribution in [3.63, 3.8) is 0 Å². The molecule has 0 bridgehead atoms. The van der Waals surface area contributed by atoms with Gasteiger partial charge in [-0.3, -0.25) is 4.90 Å². The monoisotopic (exact) mass is 528 g/mol. The second kappa shape index (κ2) is 10.0. The molecule has 0 amide bonds. The number of hydrogen-bond donors (Lipinski definition) is 1. The van der Waals surface area contributed by atoms with E-state index < -0.39 is 11.7 Å². The molecule has 0 saturated carbocycles. The van der Waals surface area contributed by atoms with Gasteiger partial charge in [-0.1, -0.05) is 56.3 Å². The van der Waals surface area contributed by atoms with Crippen molar-refractivity contribution >= 4 is 10.9 Å². The Balaban J connectivity index is 1.49. The molecule has 0 unspecified atom stereocenters. The lowest BCUT2D eigenvalue weighted by Crippen LogP contribution is -2.30. The third-order valence-electron chi connectivity index (χ3n) is 7.83. The van der Waals surface area contributed by atoms with Crippen LogP contribution in [-0.4, -0.2) is 26.2 Å². The van der Waals surface area contributed by atoms with Gasteiger partial charge in [0.2, 0.25) is 0 Å². The van der Waals surface area contributed by atoms with Gasteiger partial charge >= 0.3 is 6.18 Å². The van der Waals surface area contributed by atoms with Crippen LogP contribution in [0.2, 0.25) is 0 Å². The summed E-state index contributed by atoms with van der Waals surface area (Å²) >= 11 is 0. The van der Waals surface area contributed by atoms with E-state index in [4.69, 9.17) is 5.10 Å². The summed E-state index contributed by atoms with van der Waals surface area (Å²) in [5.74, 6) is 0. The van der Waals surface area contributed by atoms with Crippen LogP contribution >= 0.6 is 0 Å². The fourth-order valence-electron chi connectivity index (χ4n) is 5.89. The van der Waals surface area contributed by atoms with E-state index in [0.29, 0.717) is 25.1 Å². The highest BCUT2D eigenvalue weighted by molar-refractivity contribution is 5.85. The maximum atomic E-state index is 13.7. The molecule has 4 nitrogen and oxygen atoms in total. The van der Waals surface area contributed by atoms with Crippen molar-refractivity contribution in [3.8, 4) is 16.9 Å². The van der Waals surface area contributed by atoms with Crippen LogP contribution in [0, 0.1) is 0 Å². The summed E-state index contributed by atoms with van der Waals surface area (Å²) in [4.78, 5) is 5.38. The number of H-pyrrole nitrogens is 1. The first kappa shape index (κ1) is 25.4. The topological polar surface area (TPSA) is 36.9 Å². The fourth-order valence-corrected chi connectivity index (χ4v) is 5.89. The zero-order valence-corrected chi connectivity index (χ0v) is 22.1. The molecule has 1 aliphatic rings. The minimum absolute atomic E-state index is 0.238. The number of aromatic amines is 1. The van der Waals surface area contributed by atoms with Crippen LogP contribution in [0.1, 0.15) is 47.4 Å². The lowest BCUT2D eigenvalue weighted by molar-refractivity contribution is -0.138. The van der Waals surface area contributed by atoms with Crippen molar-refractivity contribution in [1.82, 2.24) is 19.7 Å². The fraction of sp³-hybridized carbons (Fsp3) is 0.281. The number of para-hydroxylation sites is 1. The van der Waals surface area contributed by atoms with Crippen molar-refractivity contribution in [3.05, 3.63) is 106 Å². The highest BCUT2D eigenvalue weighted by atomic mass is 19.4. The van der Waals surface area contributed by atoms with Crippen LogP contribution in [0.25, 0.3) is 27.8 Å². The van der Waals surface area contributed by atoms with Crippen molar-refractivity contribution in [2.24, 2.45) is 0 Å². The van der Waals surface area contributed by atoms with E-state index in [0.717, 1.165) is 51.9 Å². The summed E-state index contributed by atoms with van der Waals surface area (Å²) in [6, 6.07) is 20.8. The first-order valence-corrected chi connectivity index (χ1v) is 13.5. The van der Waals surface area contributed by atoms with E-state index in [9.17, 15) is 13.2 Å². The van der Waals surface area contributed by atoms with Gasteiger partial charge < -0.3 is 4.98 Å². The van der Waals surface area contributed by atoms with Crippen LogP contribution in [0.15, 0.2) is 72.9 Å². The van der Waals surface area contributed by atoms with Gasteiger partial charge in [0.15, 0.2) is 0 Å². The van der Waals surface area contributed by atoms with Crippen LogP contribution < -0.4 is 0 Å². The summed E-state index contributed by atoms with van der Waals surface area (Å²) in [5.41, 5.74) is 8.58. The number of rotatable bonds is 6. The van der Waals surface area contributed by atoms with E-state index in [2.05, 4.69) is 70.9 Å². The number of benzene rings is 3. The van der Waals surface area contributed by atoms with Crippen molar-refractivity contribution in [2.75, 3.05) is 6.54 Å². The molecular formula is C32H31F3N4. The smallest absolute Gasteiger partial charge is 0.361 e. The normalized spacial score (nSPS) is 14.2. The molecule has 0 fully saturated rings. The maximum Gasteiger partial charge on any atom is 0.416 e. The second-order valence-corrected chi connectivity index (χ2v) is 10.2. The minimum atomic E-state index is -4.38. The number of aromatic nitrogens is 3. The van der Waals surface area contributed by atoms with Gasteiger partial charge in [0.25, 0.3) is 0 Å². The molecule has 1 aliphatic heterocycles. The third kappa shape index (κ3) is 4.65. The summed E-state index contributed by atoms with van der Waals surface area (Å²) in [7, 11) is 0. The number of hydrogen-bond acceptors (Lipinski definition) is 2. The Morgan fingerprint density at radius 3 is 2.38 bits per heavy atom. The number of fused-ring (bicyclic) bond motifs is 2. The van der Waals surface area contributed by atoms with Gasteiger partial charge in [0.05, 0.1) is 22.6 Å². The van der Waals surface area contributed by atoms with E-state index in [1.165, 1.54) is 23.3 Å². The van der Waals surface area contributed by atoms with E-state index in [1.807, 2.05) is 6.20 Å². The van der Waals surface area contributed by atoms with Gasteiger partial charge in [-0.05, 0) is 53.8 Å². The van der Waals surface area contributed by atoms with Crippen molar-refractivity contribution in [1.29, 1.82) is 0 Å². The summed E-state index contributed by atoms with van der Waals surface area (Å²) in [6.07, 6.45) is 0.00290. The van der Waals surface area contributed by atoms with Gasteiger partial charge in [-0.2, -0.15) is 18.3 Å². The Hall–Kier alpha value is -3.84. The number of nitrogens with zero attached hydrogens (tertiary/aromatic N) is 3. The number of halogens is 3. The maximum absolute atomic E-state index is 13.7. The van der Waals surface area contributed by atoms with Crippen LogP contribution in [-0.2, 0) is 38.5 Å². The van der Waals surface area contributed by atoms with Crippen LogP contribution in [0.3, 0.4) is 0 Å². The molecule has 0 saturated heterocycles. The molecule has 5 aromatic rings. The number of alkyl halides is 3. The Morgan fingerprint density at radius 2 is 1.64 bits per heavy atom. The lowest BCUT2D eigenvalue weighted by Gasteiger charge is -2.28. The molecule has 1 N–H and O–H groups in total. The third-order valence-corrected chi connectivity index (χ3v) is 7.83. The highest BCUT2D eigenvalue weighted by Crippen LogP contribution is 2.38. The molecule has 3 aromatic carbocycles. The highest BCUT2D eigenvalue weighted by Gasteiger charge is 2.34. The zero-order chi connectivity index (χ0) is 27.1. The van der Waals surface area contributed by atoms with Crippen molar-refractivity contribution in [2.45, 2.75) is 52.4 Å². The van der Waals surface area contributed by atoms with Gasteiger partial charge in [0.1, 0.15) is 0 Å². The van der Waals surface area contributed by atoms with Gasteiger partial charge in [-0.25, -0.2) is 4.68 Å². The molecule has 6 rings (SSSR count). The second-order valence-electron chi connectivity index (χ2n) is 10.2. The first-order valence-electron chi connectivity index (χ1n) is 13.5. The molecule has 0 spiro atoms. The van der Waals surface area contributed by atoms with Crippen molar-refractivity contribution < 1.29 is 13.2 Å². The van der Waals surface area contributed by atoms with E-state index in [-0.39, 0.29) is 6.54 Å². The number of aryl methyl sites for hydroxylation is 2. The molecule has 3 heterocycles. The molecule has 2 aromatic heterocycles. The SMILES string of the molecule is CCc1cccc(CC)c1-n1nc2c(c1-c1ccc3[nH]ccc3c1)CN(Cc1ccccc1C(F)(F)F)CC2. The minimum Gasteiger partial charge on any atom is -0.361 e. The molecule has 0 atom stereocenters. The van der Waals surface area contributed by atoms with Gasteiger partial charge in [0, 0.05) is 54.3 Å². The quantitative estimate of drug-likeness (QED) is 0.245. The number of nitrogens with one attached hydrogen (secondary N) is 1. The standard InChI is InChI=1S/C32H31F3N4/c1-3-21-9-7-10-22(4-2)30(21)39-31(24-12-13-28-23(18-24)14-16-36-28)26-20-38(17-15-29(26)37-39)19-25-8-5-6-11-27(25)32(33,34)35/h5-14,16,18,36H,3-4,15,17,19-20H2,1-2H3.